The summed E-state index contributed by atoms with van der Waals surface area (Å²) in [5.74, 6) is 6.57. The molecule has 0 radical (unpaired) electrons. The Morgan fingerprint density at radius 1 is 1.57 bits per heavy atom. The fourth-order valence-corrected chi connectivity index (χ4v) is 1.85. The maximum atomic E-state index is 5.32. The fourth-order valence-electron chi connectivity index (χ4n) is 1.45. The highest BCUT2D eigenvalue weighted by atomic mass is 79.9. The number of nitrogens with two attached hydrogens (primary N) is 1. The molecule has 1 heterocycles. The van der Waals surface area contributed by atoms with Crippen LogP contribution in [0.2, 0.25) is 0 Å². The lowest BCUT2D eigenvalue weighted by Gasteiger charge is -2.08. The first-order chi connectivity index (χ1) is 6.74. The molecule has 0 saturated carbocycles. The molecule has 0 unspecified atom stereocenters. The zero-order chi connectivity index (χ0) is 10.1. The predicted molar refractivity (Wildman–Crippen MR) is 54.0 cm³/mol. The van der Waals surface area contributed by atoms with Crippen molar-refractivity contribution in [2.75, 3.05) is 6.79 Å². The zero-order valence-corrected chi connectivity index (χ0v) is 9.26. The number of hydrogen-bond acceptors (Lipinski definition) is 4. The van der Waals surface area contributed by atoms with Gasteiger partial charge in [0.05, 0.1) is 6.61 Å². The SMILES string of the molecule is Cc1c(Br)c(CON)cc2c1OCO2. The van der Waals surface area contributed by atoms with Gasteiger partial charge < -0.3 is 9.47 Å². The molecule has 14 heavy (non-hydrogen) atoms. The molecule has 2 rings (SSSR count). The van der Waals surface area contributed by atoms with Gasteiger partial charge in [0.15, 0.2) is 11.5 Å². The summed E-state index contributed by atoms with van der Waals surface area (Å²) < 4.78 is 11.6. The summed E-state index contributed by atoms with van der Waals surface area (Å²) in [7, 11) is 0. The average Bonchev–Trinajstić information content (AvgIpc) is 2.62. The molecule has 0 aromatic heterocycles. The first-order valence-electron chi connectivity index (χ1n) is 4.13. The van der Waals surface area contributed by atoms with Crippen LogP contribution in [0.25, 0.3) is 0 Å². The van der Waals surface area contributed by atoms with Crippen LogP contribution in [0.1, 0.15) is 11.1 Å². The molecule has 2 N–H and O–H groups in total. The van der Waals surface area contributed by atoms with Crippen molar-refractivity contribution in [3.05, 3.63) is 21.7 Å². The predicted octanol–water partition coefficient (Wildman–Crippen LogP) is 1.88. The summed E-state index contributed by atoms with van der Waals surface area (Å²) >= 11 is 3.46. The van der Waals surface area contributed by atoms with Crippen molar-refractivity contribution in [3.63, 3.8) is 0 Å². The van der Waals surface area contributed by atoms with Crippen LogP contribution in [0.4, 0.5) is 0 Å². The van der Waals surface area contributed by atoms with E-state index in [0.29, 0.717) is 6.61 Å². The third-order valence-electron chi connectivity index (χ3n) is 2.14. The van der Waals surface area contributed by atoms with Gasteiger partial charge in [0.25, 0.3) is 0 Å². The molecule has 76 valence electrons. The molecule has 5 heteroatoms. The molecule has 0 atom stereocenters. The van der Waals surface area contributed by atoms with Crippen LogP contribution in [-0.2, 0) is 11.4 Å². The number of hydrogen-bond donors (Lipinski definition) is 1. The first kappa shape index (κ1) is 9.76. The molecule has 0 bridgehead atoms. The van der Waals surface area contributed by atoms with Gasteiger partial charge in [-0.05, 0) is 18.6 Å². The Balaban J connectivity index is 2.49. The molecule has 0 amide bonds. The van der Waals surface area contributed by atoms with Gasteiger partial charge in [-0.3, -0.25) is 4.84 Å². The van der Waals surface area contributed by atoms with E-state index in [-0.39, 0.29) is 6.79 Å². The lowest BCUT2D eigenvalue weighted by Crippen LogP contribution is -2.00. The second kappa shape index (κ2) is 3.76. The standard InChI is InChI=1S/C9H10BrNO3/c1-5-8(10)6(3-14-11)2-7-9(5)13-4-12-7/h2H,3-4,11H2,1H3. The maximum absolute atomic E-state index is 5.32. The molecular formula is C9H10BrNO3. The van der Waals surface area contributed by atoms with Crippen molar-refractivity contribution in [1.82, 2.24) is 0 Å². The Bertz CT molecular complexity index is 368. The minimum Gasteiger partial charge on any atom is -0.454 e. The highest BCUT2D eigenvalue weighted by Crippen LogP contribution is 2.41. The van der Waals surface area contributed by atoms with Gasteiger partial charge in [0, 0.05) is 10.0 Å². The summed E-state index contributed by atoms with van der Waals surface area (Å²) in [6, 6.07) is 1.87. The van der Waals surface area contributed by atoms with E-state index in [1.54, 1.807) is 0 Å². The Morgan fingerprint density at radius 2 is 2.36 bits per heavy atom. The van der Waals surface area contributed by atoms with Crippen LogP contribution in [-0.4, -0.2) is 6.79 Å². The van der Waals surface area contributed by atoms with Crippen molar-refractivity contribution in [2.24, 2.45) is 5.90 Å². The van der Waals surface area contributed by atoms with Gasteiger partial charge in [-0.1, -0.05) is 15.9 Å². The van der Waals surface area contributed by atoms with Gasteiger partial charge in [-0.25, -0.2) is 5.90 Å². The van der Waals surface area contributed by atoms with Crippen molar-refractivity contribution in [3.8, 4) is 11.5 Å². The normalized spacial score (nSPS) is 13.4. The minimum absolute atomic E-state index is 0.273. The fraction of sp³-hybridized carbons (Fsp3) is 0.333. The Hall–Kier alpha value is -0.780. The van der Waals surface area contributed by atoms with Gasteiger partial charge in [-0.15, -0.1) is 0 Å². The molecule has 1 aliphatic heterocycles. The highest BCUT2D eigenvalue weighted by molar-refractivity contribution is 9.10. The van der Waals surface area contributed by atoms with Crippen LogP contribution >= 0.6 is 15.9 Å². The molecule has 4 nitrogen and oxygen atoms in total. The number of benzene rings is 1. The van der Waals surface area contributed by atoms with Gasteiger partial charge in [0.1, 0.15) is 0 Å². The van der Waals surface area contributed by atoms with E-state index in [1.807, 2.05) is 13.0 Å². The Morgan fingerprint density at radius 3 is 3.07 bits per heavy atom. The highest BCUT2D eigenvalue weighted by Gasteiger charge is 2.20. The third-order valence-corrected chi connectivity index (χ3v) is 3.24. The molecule has 1 aromatic rings. The van der Waals surface area contributed by atoms with Gasteiger partial charge in [-0.2, -0.15) is 0 Å². The summed E-state index contributed by atoms with van der Waals surface area (Å²) in [4.78, 5) is 4.60. The summed E-state index contributed by atoms with van der Waals surface area (Å²) in [6.07, 6.45) is 0. The topological polar surface area (TPSA) is 53.7 Å². The van der Waals surface area contributed by atoms with Crippen LogP contribution in [0, 0.1) is 6.92 Å². The zero-order valence-electron chi connectivity index (χ0n) is 7.67. The van der Waals surface area contributed by atoms with E-state index in [0.717, 1.165) is 27.1 Å². The van der Waals surface area contributed by atoms with Crippen LogP contribution in [0.3, 0.4) is 0 Å². The number of ether oxygens (including phenoxy) is 2. The lowest BCUT2D eigenvalue weighted by atomic mass is 10.1. The number of rotatable bonds is 2. The smallest absolute Gasteiger partial charge is 0.231 e. The van der Waals surface area contributed by atoms with Crippen LogP contribution in [0.5, 0.6) is 11.5 Å². The lowest BCUT2D eigenvalue weighted by molar-refractivity contribution is 0.123. The van der Waals surface area contributed by atoms with Crippen molar-refractivity contribution >= 4 is 15.9 Å². The van der Waals surface area contributed by atoms with E-state index in [1.165, 1.54) is 0 Å². The molecular weight excluding hydrogens is 250 g/mol. The molecule has 0 saturated heterocycles. The number of halogens is 1. The summed E-state index contributed by atoms with van der Waals surface area (Å²) in [5.41, 5.74) is 1.96. The second-order valence-corrected chi connectivity index (χ2v) is 3.81. The van der Waals surface area contributed by atoms with Crippen molar-refractivity contribution in [1.29, 1.82) is 0 Å². The molecule has 0 aliphatic carbocycles. The van der Waals surface area contributed by atoms with Crippen LogP contribution in [0.15, 0.2) is 10.5 Å². The molecule has 0 fully saturated rings. The molecule has 1 aromatic carbocycles. The number of fused-ring (bicyclic) bond motifs is 1. The summed E-state index contributed by atoms with van der Waals surface area (Å²) in [6.45, 7) is 2.57. The molecule has 0 spiro atoms. The van der Waals surface area contributed by atoms with Gasteiger partial charge >= 0.3 is 0 Å². The monoisotopic (exact) mass is 259 g/mol. The average molecular weight is 260 g/mol. The molecule has 1 aliphatic rings. The third kappa shape index (κ3) is 1.47. The minimum atomic E-state index is 0.273. The van der Waals surface area contributed by atoms with E-state index in [9.17, 15) is 0 Å². The van der Waals surface area contributed by atoms with Crippen molar-refractivity contribution in [2.45, 2.75) is 13.5 Å². The van der Waals surface area contributed by atoms with Crippen LogP contribution < -0.4 is 15.4 Å². The second-order valence-electron chi connectivity index (χ2n) is 3.02. The maximum Gasteiger partial charge on any atom is 0.231 e. The van der Waals surface area contributed by atoms with Crippen molar-refractivity contribution < 1.29 is 14.3 Å². The largest absolute Gasteiger partial charge is 0.454 e. The van der Waals surface area contributed by atoms with Gasteiger partial charge in [0.2, 0.25) is 6.79 Å². The van der Waals surface area contributed by atoms with E-state index in [4.69, 9.17) is 15.4 Å². The first-order valence-corrected chi connectivity index (χ1v) is 4.92. The Kier molecular flexibility index (Phi) is 2.62. The Labute approximate surface area is 90.0 Å². The quantitative estimate of drug-likeness (QED) is 0.825. The van der Waals surface area contributed by atoms with E-state index in [2.05, 4.69) is 20.8 Å². The van der Waals surface area contributed by atoms with E-state index >= 15 is 0 Å². The van der Waals surface area contributed by atoms with E-state index < -0.39 is 0 Å². The summed E-state index contributed by atoms with van der Waals surface area (Å²) in [5, 5.41) is 0.